The van der Waals surface area contributed by atoms with Crippen LogP contribution in [0.2, 0.25) is 5.02 Å². The lowest BCUT2D eigenvalue weighted by molar-refractivity contribution is -0.133. The van der Waals surface area contributed by atoms with Crippen LogP contribution in [0.4, 0.5) is 0 Å². The number of ketones is 1. The number of pyridine rings is 1. The van der Waals surface area contributed by atoms with Crippen LogP contribution in [0.5, 0.6) is 5.75 Å². The molecule has 3 aromatic rings. The molecule has 1 aliphatic carbocycles. The van der Waals surface area contributed by atoms with Crippen molar-refractivity contribution in [1.82, 2.24) is 10.3 Å². The number of piperidine rings is 1. The van der Waals surface area contributed by atoms with Crippen molar-refractivity contribution in [1.29, 1.82) is 0 Å². The molecule has 2 aliphatic rings. The van der Waals surface area contributed by atoms with Crippen molar-refractivity contribution in [3.8, 4) is 5.75 Å². The number of thiophene rings is 1. The lowest BCUT2D eigenvalue weighted by atomic mass is 9.79. The highest BCUT2D eigenvalue weighted by molar-refractivity contribution is 8.01. The van der Waals surface area contributed by atoms with E-state index < -0.39 is 10.8 Å². The van der Waals surface area contributed by atoms with Crippen molar-refractivity contribution < 1.29 is 14.3 Å². The van der Waals surface area contributed by atoms with Gasteiger partial charge in [-0.05, 0) is 72.3 Å². The minimum atomic E-state index is -1.08. The number of halogens is 1. The Morgan fingerprint density at radius 2 is 1.86 bits per heavy atom. The van der Waals surface area contributed by atoms with Gasteiger partial charge in [0.25, 0.3) is 0 Å². The minimum absolute atomic E-state index is 0.0929. The van der Waals surface area contributed by atoms with Gasteiger partial charge in [0.05, 0.1) is 11.1 Å². The van der Waals surface area contributed by atoms with Crippen LogP contribution in [-0.2, 0) is 15.1 Å². The van der Waals surface area contributed by atoms with Crippen LogP contribution in [0.15, 0.2) is 64.3 Å². The largest absolute Gasteiger partial charge is 0.488 e. The second-order valence-electron chi connectivity index (χ2n) is 9.06. The molecule has 3 heterocycles. The Labute approximate surface area is 218 Å². The smallest absolute Gasteiger partial charge is 0.242 e. The van der Waals surface area contributed by atoms with Gasteiger partial charge in [-0.2, -0.15) is 11.3 Å². The van der Waals surface area contributed by atoms with Crippen molar-refractivity contribution in [3.63, 3.8) is 0 Å². The number of carbonyl (C=O) groups is 2. The zero-order valence-electron chi connectivity index (χ0n) is 19.2. The van der Waals surface area contributed by atoms with Gasteiger partial charge in [0.2, 0.25) is 5.91 Å². The molecule has 35 heavy (non-hydrogen) atoms. The standard InChI is InChI=1S/C27H27ClN2O3S2/c28-20-10-5-6-12-23(20)35-24-21(31)16-27(30-26(24)32,18-13-15-34-17-18)25-22(11-7-14-29-25)33-19-8-3-1-2-4-9-19/h5-7,10-15,17,19,24H,1-4,8-9,16H2,(H,30,32). The molecule has 8 heteroatoms. The maximum Gasteiger partial charge on any atom is 0.242 e. The van der Waals surface area contributed by atoms with Crippen molar-refractivity contribution in [2.75, 3.05) is 0 Å². The molecule has 2 aromatic heterocycles. The number of Topliss-reactive ketones (excluding diaryl/α,β-unsaturated/α-hetero) is 1. The van der Waals surface area contributed by atoms with E-state index in [-0.39, 0.29) is 24.2 Å². The van der Waals surface area contributed by atoms with E-state index in [1.807, 2.05) is 47.2 Å². The summed E-state index contributed by atoms with van der Waals surface area (Å²) in [7, 11) is 0. The Balaban J connectivity index is 1.49. The third kappa shape index (κ3) is 5.13. The maximum atomic E-state index is 13.6. The SMILES string of the molecule is O=C1CC(c2ccsc2)(c2ncccc2OC2CCCCCC2)NC(=O)C1Sc1ccccc1Cl. The zero-order chi connectivity index (χ0) is 24.3. The molecule has 2 unspecified atom stereocenters. The van der Waals surface area contributed by atoms with Gasteiger partial charge in [-0.25, -0.2) is 0 Å². The summed E-state index contributed by atoms with van der Waals surface area (Å²) in [5, 5.41) is 6.77. The molecule has 1 saturated heterocycles. The monoisotopic (exact) mass is 526 g/mol. The molecule has 1 aromatic carbocycles. The molecule has 1 saturated carbocycles. The molecule has 0 spiro atoms. The molecule has 1 amide bonds. The molecule has 5 nitrogen and oxygen atoms in total. The average Bonchev–Trinajstić information content (AvgIpc) is 3.29. The van der Waals surface area contributed by atoms with E-state index in [1.54, 1.807) is 12.3 Å². The van der Waals surface area contributed by atoms with Crippen LogP contribution >= 0.6 is 34.7 Å². The van der Waals surface area contributed by atoms with Crippen LogP contribution < -0.4 is 10.1 Å². The Kier molecular flexibility index (Phi) is 7.46. The Morgan fingerprint density at radius 3 is 2.57 bits per heavy atom. The van der Waals surface area contributed by atoms with E-state index in [1.165, 1.54) is 35.9 Å². The van der Waals surface area contributed by atoms with Crippen LogP contribution in [0.25, 0.3) is 0 Å². The van der Waals surface area contributed by atoms with Crippen LogP contribution in [0, 0.1) is 0 Å². The third-order valence-electron chi connectivity index (χ3n) is 6.67. The van der Waals surface area contributed by atoms with Crippen LogP contribution in [0.3, 0.4) is 0 Å². The van der Waals surface area contributed by atoms with E-state index in [2.05, 4.69) is 5.32 Å². The molecule has 2 fully saturated rings. The minimum Gasteiger partial charge on any atom is -0.488 e. The van der Waals surface area contributed by atoms with Gasteiger partial charge in [0.1, 0.15) is 22.2 Å². The van der Waals surface area contributed by atoms with E-state index >= 15 is 0 Å². The first-order valence-electron chi connectivity index (χ1n) is 12.0. The molecule has 0 bridgehead atoms. The summed E-state index contributed by atoms with van der Waals surface area (Å²) in [5.74, 6) is 0.135. The van der Waals surface area contributed by atoms with Gasteiger partial charge in [-0.15, -0.1) is 11.8 Å². The number of aromatic nitrogens is 1. The van der Waals surface area contributed by atoms with Gasteiger partial charge < -0.3 is 10.1 Å². The van der Waals surface area contributed by atoms with Crippen molar-refractivity contribution in [2.24, 2.45) is 0 Å². The van der Waals surface area contributed by atoms with E-state index in [0.717, 1.165) is 31.2 Å². The van der Waals surface area contributed by atoms with Gasteiger partial charge in [-0.3, -0.25) is 14.6 Å². The normalized spacial score (nSPS) is 23.5. The fourth-order valence-electron chi connectivity index (χ4n) is 4.91. The van der Waals surface area contributed by atoms with Gasteiger partial charge in [-0.1, -0.05) is 36.6 Å². The lowest BCUT2D eigenvalue weighted by Crippen LogP contribution is -2.58. The Morgan fingerprint density at radius 1 is 1.06 bits per heavy atom. The number of ether oxygens (including phenoxy) is 1. The van der Waals surface area contributed by atoms with Crippen LogP contribution in [0.1, 0.15) is 56.2 Å². The second-order valence-corrected chi connectivity index (χ2v) is 11.4. The van der Waals surface area contributed by atoms with Crippen molar-refractivity contribution >= 4 is 46.4 Å². The predicted molar refractivity (Wildman–Crippen MR) is 140 cm³/mol. The summed E-state index contributed by atoms with van der Waals surface area (Å²) >= 11 is 9.03. The topological polar surface area (TPSA) is 68.3 Å². The molecule has 182 valence electrons. The van der Waals surface area contributed by atoms with E-state index in [4.69, 9.17) is 21.3 Å². The molecule has 0 radical (unpaired) electrons. The number of hydrogen-bond acceptors (Lipinski definition) is 6. The number of amides is 1. The Hall–Kier alpha value is -2.35. The third-order valence-corrected chi connectivity index (χ3v) is 9.12. The van der Waals surface area contributed by atoms with E-state index in [0.29, 0.717) is 21.4 Å². The molecular weight excluding hydrogens is 500 g/mol. The number of rotatable bonds is 6. The van der Waals surface area contributed by atoms with Gasteiger partial charge >= 0.3 is 0 Å². The number of benzene rings is 1. The zero-order valence-corrected chi connectivity index (χ0v) is 21.6. The molecule has 2 atom stereocenters. The number of nitrogens with zero attached hydrogens (tertiary/aromatic N) is 1. The summed E-state index contributed by atoms with van der Waals surface area (Å²) < 4.78 is 6.51. The summed E-state index contributed by atoms with van der Waals surface area (Å²) in [6.45, 7) is 0. The lowest BCUT2D eigenvalue weighted by Gasteiger charge is -2.40. The number of hydrogen-bond donors (Lipinski definition) is 1. The maximum absolute atomic E-state index is 13.6. The number of nitrogens with one attached hydrogen (secondary N) is 1. The van der Waals surface area contributed by atoms with Crippen LogP contribution in [-0.4, -0.2) is 28.0 Å². The molecule has 1 aliphatic heterocycles. The number of carbonyl (C=O) groups excluding carboxylic acids is 2. The first-order valence-corrected chi connectivity index (χ1v) is 14.2. The summed E-state index contributed by atoms with van der Waals surface area (Å²) in [4.78, 5) is 32.5. The molecule has 1 N–H and O–H groups in total. The summed E-state index contributed by atoms with van der Waals surface area (Å²) in [6, 6.07) is 13.0. The summed E-state index contributed by atoms with van der Waals surface area (Å²) in [6.07, 6.45) is 8.65. The molecule has 5 rings (SSSR count). The first kappa shape index (κ1) is 24.3. The highest BCUT2D eigenvalue weighted by Gasteiger charge is 2.50. The fourth-order valence-corrected chi connectivity index (χ4v) is 6.89. The Bertz CT molecular complexity index is 1170. The number of thioether (sulfide) groups is 1. The van der Waals surface area contributed by atoms with E-state index in [9.17, 15) is 9.59 Å². The second kappa shape index (κ2) is 10.7. The quantitative estimate of drug-likeness (QED) is 0.297. The molecular formula is C27H27ClN2O3S2. The van der Waals surface area contributed by atoms with Gasteiger partial charge in [0, 0.05) is 17.5 Å². The van der Waals surface area contributed by atoms with Crippen molar-refractivity contribution in [2.45, 2.75) is 66.7 Å². The summed E-state index contributed by atoms with van der Waals surface area (Å²) in [5.41, 5.74) is 0.355. The highest BCUT2D eigenvalue weighted by Crippen LogP contribution is 2.43. The highest BCUT2D eigenvalue weighted by atomic mass is 35.5. The predicted octanol–water partition coefficient (Wildman–Crippen LogP) is 6.39. The first-order chi connectivity index (χ1) is 17.1. The average molecular weight is 527 g/mol. The fraction of sp³-hybridized carbons (Fsp3) is 0.370. The van der Waals surface area contributed by atoms with Gasteiger partial charge in [0.15, 0.2) is 5.78 Å². The van der Waals surface area contributed by atoms with Crippen molar-refractivity contribution in [3.05, 3.63) is 75.7 Å².